The molecule has 2 aromatic carbocycles. The number of thiophene rings is 1. The summed E-state index contributed by atoms with van der Waals surface area (Å²) in [7, 11) is 0. The highest BCUT2D eigenvalue weighted by Gasteiger charge is 2.30. The van der Waals surface area contributed by atoms with Crippen LogP contribution >= 0.6 is 11.3 Å². The average molecular weight is 477 g/mol. The van der Waals surface area contributed by atoms with E-state index in [0.717, 1.165) is 22.4 Å². The van der Waals surface area contributed by atoms with Gasteiger partial charge in [-0.2, -0.15) is 0 Å². The van der Waals surface area contributed by atoms with Crippen LogP contribution in [0.25, 0.3) is 0 Å². The molecule has 0 saturated carbocycles. The van der Waals surface area contributed by atoms with Crippen molar-refractivity contribution < 1.29 is 9.59 Å². The first-order valence-corrected chi connectivity index (χ1v) is 13.0. The van der Waals surface area contributed by atoms with Crippen molar-refractivity contribution in [2.24, 2.45) is 0 Å². The van der Waals surface area contributed by atoms with E-state index in [2.05, 4.69) is 26.0 Å². The molecule has 0 N–H and O–H groups in total. The molecule has 2 amide bonds. The highest BCUT2D eigenvalue weighted by molar-refractivity contribution is 7.11. The second-order valence-electron chi connectivity index (χ2n) is 8.84. The number of aryl methyl sites for hydroxylation is 1. The van der Waals surface area contributed by atoms with E-state index in [9.17, 15) is 9.59 Å². The number of benzene rings is 2. The number of amides is 2. The van der Waals surface area contributed by atoms with Gasteiger partial charge in [0, 0.05) is 22.3 Å². The lowest BCUT2D eigenvalue weighted by atomic mass is 9.94. The number of carbonyl (C=O) groups excluding carboxylic acids is 2. The Hall–Kier alpha value is -2.92. The molecule has 0 aliphatic rings. The van der Waals surface area contributed by atoms with Crippen LogP contribution < -0.4 is 0 Å². The van der Waals surface area contributed by atoms with Gasteiger partial charge in [-0.1, -0.05) is 74.5 Å². The van der Waals surface area contributed by atoms with Crippen molar-refractivity contribution in [2.75, 3.05) is 6.54 Å². The van der Waals surface area contributed by atoms with E-state index < -0.39 is 0 Å². The van der Waals surface area contributed by atoms with E-state index in [0.29, 0.717) is 19.5 Å². The molecule has 0 bridgehead atoms. The van der Waals surface area contributed by atoms with Gasteiger partial charge in [0.25, 0.3) is 0 Å². The molecule has 0 radical (unpaired) electrons. The van der Waals surface area contributed by atoms with E-state index in [1.54, 1.807) is 16.2 Å². The monoisotopic (exact) mass is 476 g/mol. The highest BCUT2D eigenvalue weighted by Crippen LogP contribution is 2.25. The summed E-state index contributed by atoms with van der Waals surface area (Å²) in [4.78, 5) is 33.4. The molecule has 5 heteroatoms. The quantitative estimate of drug-likeness (QED) is 0.321. The van der Waals surface area contributed by atoms with E-state index in [4.69, 9.17) is 0 Å². The molecule has 2 unspecified atom stereocenters. The van der Waals surface area contributed by atoms with Crippen molar-refractivity contribution in [1.82, 2.24) is 9.80 Å². The molecule has 3 aromatic rings. The van der Waals surface area contributed by atoms with Crippen LogP contribution in [0.2, 0.25) is 0 Å². The number of carbonyl (C=O) groups is 2. The number of rotatable bonds is 11. The van der Waals surface area contributed by atoms with Gasteiger partial charge in [-0.25, -0.2) is 0 Å². The van der Waals surface area contributed by atoms with Crippen molar-refractivity contribution in [3.63, 3.8) is 0 Å². The van der Waals surface area contributed by atoms with Crippen LogP contribution in [0.3, 0.4) is 0 Å². The van der Waals surface area contributed by atoms with Crippen LogP contribution in [0, 0.1) is 6.92 Å². The smallest absolute Gasteiger partial charge is 0.242 e. The fourth-order valence-corrected chi connectivity index (χ4v) is 5.06. The minimum atomic E-state index is -0.245. The molecule has 0 aliphatic carbocycles. The summed E-state index contributed by atoms with van der Waals surface area (Å²) < 4.78 is 0. The topological polar surface area (TPSA) is 40.6 Å². The van der Waals surface area contributed by atoms with Gasteiger partial charge < -0.3 is 9.80 Å². The van der Waals surface area contributed by atoms with Gasteiger partial charge in [-0.3, -0.25) is 9.59 Å². The maximum atomic E-state index is 13.7. The third-order valence-electron chi connectivity index (χ3n) is 6.33. The van der Waals surface area contributed by atoms with E-state index >= 15 is 0 Å². The second kappa shape index (κ2) is 12.5. The minimum Gasteiger partial charge on any atom is -0.332 e. The van der Waals surface area contributed by atoms with Crippen molar-refractivity contribution in [3.8, 4) is 0 Å². The fourth-order valence-electron chi connectivity index (χ4n) is 4.15. The van der Waals surface area contributed by atoms with Gasteiger partial charge in [0.05, 0.1) is 12.5 Å². The molecule has 4 nitrogen and oxygen atoms in total. The van der Waals surface area contributed by atoms with E-state index in [-0.39, 0.29) is 30.3 Å². The third-order valence-corrected chi connectivity index (χ3v) is 7.32. The maximum Gasteiger partial charge on any atom is 0.242 e. The van der Waals surface area contributed by atoms with Crippen molar-refractivity contribution in [3.05, 3.63) is 93.7 Å². The average Bonchev–Trinajstić information content (AvgIpc) is 3.27. The van der Waals surface area contributed by atoms with Gasteiger partial charge in [0.1, 0.15) is 6.54 Å². The van der Waals surface area contributed by atoms with Gasteiger partial charge in [-0.05, 0) is 49.9 Å². The van der Waals surface area contributed by atoms with Crippen LogP contribution in [0.5, 0.6) is 0 Å². The molecular formula is C29H36N2O2S. The Morgan fingerprint density at radius 2 is 1.50 bits per heavy atom. The molecule has 34 heavy (non-hydrogen) atoms. The summed E-state index contributed by atoms with van der Waals surface area (Å²) >= 11 is 1.71. The molecule has 2 atom stereocenters. The first-order valence-electron chi connectivity index (χ1n) is 12.1. The Bertz CT molecular complexity index is 1050. The Morgan fingerprint density at radius 1 is 0.853 bits per heavy atom. The number of nitrogens with zero attached hydrogens (tertiary/aromatic N) is 2. The largest absolute Gasteiger partial charge is 0.332 e. The standard InChI is InChI=1S/C29H36N2O2S/c1-5-22(3)31(29(33)27(6-2)25-15-11-8-12-16-25)21-28(32)30(19-24-13-9-7-10-14-24)20-26-18-17-23(4)34-26/h7-18,22,27H,5-6,19-21H2,1-4H3. The number of hydrogen-bond donors (Lipinski definition) is 0. The first-order chi connectivity index (χ1) is 16.4. The van der Waals surface area contributed by atoms with Crippen LogP contribution in [0.1, 0.15) is 60.4 Å². The molecule has 0 saturated heterocycles. The van der Waals surface area contributed by atoms with Crippen molar-refractivity contribution in [1.29, 1.82) is 0 Å². The van der Waals surface area contributed by atoms with E-state index in [1.807, 2.05) is 79.4 Å². The molecule has 0 aliphatic heterocycles. The molecule has 180 valence electrons. The van der Waals surface area contributed by atoms with Gasteiger partial charge in [-0.15, -0.1) is 11.3 Å². The Kier molecular flexibility index (Phi) is 9.46. The van der Waals surface area contributed by atoms with Crippen LogP contribution in [-0.2, 0) is 22.7 Å². The lowest BCUT2D eigenvalue weighted by molar-refractivity contribution is -0.144. The number of hydrogen-bond acceptors (Lipinski definition) is 3. The summed E-state index contributed by atoms with van der Waals surface area (Å²) in [6.07, 6.45) is 1.50. The second-order valence-corrected chi connectivity index (χ2v) is 10.2. The highest BCUT2D eigenvalue weighted by atomic mass is 32.1. The third kappa shape index (κ3) is 6.80. The molecule has 0 spiro atoms. The van der Waals surface area contributed by atoms with Crippen LogP contribution in [-0.4, -0.2) is 34.2 Å². The zero-order chi connectivity index (χ0) is 24.5. The van der Waals surface area contributed by atoms with E-state index in [1.165, 1.54) is 4.88 Å². The molecule has 0 fully saturated rings. The Morgan fingerprint density at radius 3 is 2.06 bits per heavy atom. The zero-order valence-electron chi connectivity index (χ0n) is 20.7. The summed E-state index contributed by atoms with van der Waals surface area (Å²) in [5.41, 5.74) is 2.09. The fraction of sp³-hybridized carbons (Fsp3) is 0.379. The summed E-state index contributed by atoms with van der Waals surface area (Å²) in [6.45, 7) is 9.37. The lowest BCUT2D eigenvalue weighted by Gasteiger charge is -2.33. The molecule has 1 heterocycles. The van der Waals surface area contributed by atoms with Gasteiger partial charge in [0.2, 0.25) is 11.8 Å². The zero-order valence-corrected chi connectivity index (χ0v) is 21.6. The summed E-state index contributed by atoms with van der Waals surface area (Å²) in [5, 5.41) is 0. The predicted octanol–water partition coefficient (Wildman–Crippen LogP) is 6.41. The first kappa shape index (κ1) is 25.7. The van der Waals surface area contributed by atoms with Crippen molar-refractivity contribution in [2.45, 2.75) is 65.6 Å². The molecule has 3 rings (SSSR count). The van der Waals surface area contributed by atoms with Crippen LogP contribution in [0.4, 0.5) is 0 Å². The molecule has 1 aromatic heterocycles. The summed E-state index contributed by atoms with van der Waals surface area (Å²) in [5.74, 6) is -0.236. The molecular weight excluding hydrogens is 440 g/mol. The predicted molar refractivity (Wildman–Crippen MR) is 141 cm³/mol. The normalized spacial score (nSPS) is 12.7. The van der Waals surface area contributed by atoms with Crippen LogP contribution in [0.15, 0.2) is 72.8 Å². The summed E-state index contributed by atoms with van der Waals surface area (Å²) in [6, 6.07) is 24.1. The van der Waals surface area contributed by atoms with Crippen molar-refractivity contribution >= 4 is 23.2 Å². The van der Waals surface area contributed by atoms with Gasteiger partial charge in [0.15, 0.2) is 0 Å². The maximum absolute atomic E-state index is 13.7. The lowest BCUT2D eigenvalue weighted by Crippen LogP contribution is -2.47. The minimum absolute atomic E-state index is 0.0169. The SMILES string of the molecule is CCC(C(=O)N(CC(=O)N(Cc1ccccc1)Cc1ccc(C)s1)C(C)CC)c1ccccc1. The Labute approximate surface area is 208 Å². The van der Waals surface area contributed by atoms with Gasteiger partial charge >= 0.3 is 0 Å². The Balaban J connectivity index is 1.84.